The van der Waals surface area contributed by atoms with Gasteiger partial charge in [-0.25, -0.2) is 13.2 Å². The summed E-state index contributed by atoms with van der Waals surface area (Å²) in [5.41, 5.74) is 0.179. The quantitative estimate of drug-likeness (QED) is 0.873. The number of alkyl halides is 2. The van der Waals surface area contributed by atoms with Crippen molar-refractivity contribution in [2.24, 2.45) is 0 Å². The molecule has 2 rings (SSSR count). The molecule has 1 heterocycles. The minimum absolute atomic E-state index is 0.0249. The molecule has 0 fully saturated rings. The molecule has 0 atom stereocenters. The Kier molecular flexibility index (Phi) is 6.20. The van der Waals surface area contributed by atoms with Crippen LogP contribution in [0.1, 0.15) is 30.2 Å². The minimum Gasteiger partial charge on any atom is -0.364 e. The average Bonchev–Trinajstić information content (AvgIpc) is 2.55. The molecule has 2 aromatic rings. The topological polar surface area (TPSA) is 37.8 Å². The van der Waals surface area contributed by atoms with E-state index >= 15 is 0 Å². The summed E-state index contributed by atoms with van der Waals surface area (Å²) in [5.74, 6) is -0.568. The summed E-state index contributed by atoms with van der Waals surface area (Å²) in [4.78, 5) is 0. The molecular weight excluding hydrogens is 351 g/mol. The van der Waals surface area contributed by atoms with Crippen LogP contribution in [0.3, 0.4) is 0 Å². The van der Waals surface area contributed by atoms with Crippen LogP contribution in [0.5, 0.6) is 0 Å². The summed E-state index contributed by atoms with van der Waals surface area (Å²) in [6, 6.07) is 3.89. The highest BCUT2D eigenvalue weighted by molar-refractivity contribution is 6.33. The first kappa shape index (κ1) is 19.0. The molecule has 132 valence electrons. The van der Waals surface area contributed by atoms with Gasteiger partial charge in [-0.1, -0.05) is 42.5 Å². The van der Waals surface area contributed by atoms with Crippen LogP contribution in [-0.4, -0.2) is 10.2 Å². The summed E-state index contributed by atoms with van der Waals surface area (Å²) >= 11 is 5.88. The molecule has 3 nitrogen and oxygen atoms in total. The van der Waals surface area contributed by atoms with Crippen LogP contribution in [-0.2, 0) is 6.54 Å². The molecule has 1 aromatic heterocycles. The standard InChI is InChI=1S/C18H17ClF3N3/c1-4-13-11(3)24-25-18(15(13)8-10(2)19)23-9-12-6-5-7-14(16(12)20)17(21)22/h4-8,17H,2,9H2,1,3H3,(H,23,25)/b13-4-,15-8+. The zero-order valence-electron chi connectivity index (χ0n) is 13.8. The van der Waals surface area contributed by atoms with E-state index in [4.69, 9.17) is 11.6 Å². The number of aromatic nitrogens is 2. The number of hydrogen-bond donors (Lipinski definition) is 1. The maximum atomic E-state index is 14.1. The summed E-state index contributed by atoms with van der Waals surface area (Å²) < 4.78 is 39.8. The first-order chi connectivity index (χ1) is 11.8. The molecule has 0 saturated heterocycles. The lowest BCUT2D eigenvalue weighted by molar-refractivity contribution is 0.146. The Hall–Kier alpha value is -2.34. The van der Waals surface area contributed by atoms with Gasteiger partial charge in [-0.05, 0) is 19.9 Å². The van der Waals surface area contributed by atoms with Crippen molar-refractivity contribution in [1.82, 2.24) is 10.2 Å². The van der Waals surface area contributed by atoms with Gasteiger partial charge in [0.1, 0.15) is 5.82 Å². The Balaban J connectivity index is 2.43. The summed E-state index contributed by atoms with van der Waals surface area (Å²) in [6.07, 6.45) is 0.593. The highest BCUT2D eigenvalue weighted by atomic mass is 35.5. The van der Waals surface area contributed by atoms with Crippen molar-refractivity contribution in [1.29, 1.82) is 0 Å². The van der Waals surface area contributed by atoms with Crippen molar-refractivity contribution in [2.45, 2.75) is 26.8 Å². The van der Waals surface area contributed by atoms with Gasteiger partial charge in [-0.15, -0.1) is 5.10 Å². The first-order valence-electron chi connectivity index (χ1n) is 7.50. The van der Waals surface area contributed by atoms with Gasteiger partial charge in [0.05, 0.1) is 11.3 Å². The second-order valence-electron chi connectivity index (χ2n) is 5.32. The van der Waals surface area contributed by atoms with Gasteiger partial charge >= 0.3 is 0 Å². The van der Waals surface area contributed by atoms with E-state index in [2.05, 4.69) is 22.1 Å². The van der Waals surface area contributed by atoms with Crippen LogP contribution in [0.2, 0.25) is 0 Å². The second kappa shape index (κ2) is 8.16. The Bertz CT molecular complexity index is 911. The fourth-order valence-electron chi connectivity index (χ4n) is 2.44. The van der Waals surface area contributed by atoms with E-state index in [1.54, 1.807) is 13.0 Å². The molecule has 1 aromatic carbocycles. The van der Waals surface area contributed by atoms with Gasteiger partial charge in [0.2, 0.25) is 0 Å². The van der Waals surface area contributed by atoms with Crippen molar-refractivity contribution in [3.8, 4) is 0 Å². The van der Waals surface area contributed by atoms with E-state index in [0.29, 0.717) is 21.8 Å². The van der Waals surface area contributed by atoms with E-state index in [9.17, 15) is 13.2 Å². The maximum absolute atomic E-state index is 14.1. The highest BCUT2D eigenvalue weighted by Gasteiger charge is 2.16. The van der Waals surface area contributed by atoms with E-state index in [-0.39, 0.29) is 12.1 Å². The molecule has 7 heteroatoms. The zero-order valence-corrected chi connectivity index (χ0v) is 14.5. The van der Waals surface area contributed by atoms with Crippen LogP contribution in [0, 0.1) is 12.7 Å². The van der Waals surface area contributed by atoms with E-state index in [1.807, 2.05) is 13.0 Å². The number of benzene rings is 1. The number of aryl methyl sites for hydroxylation is 1. The number of rotatable bonds is 5. The van der Waals surface area contributed by atoms with Crippen molar-refractivity contribution in [2.75, 3.05) is 5.32 Å². The average molecular weight is 368 g/mol. The fraction of sp³-hybridized carbons (Fsp3) is 0.222. The summed E-state index contributed by atoms with van der Waals surface area (Å²) in [6.45, 7) is 7.25. The van der Waals surface area contributed by atoms with Crippen LogP contribution in [0.15, 0.2) is 29.8 Å². The van der Waals surface area contributed by atoms with Gasteiger partial charge < -0.3 is 5.32 Å². The van der Waals surface area contributed by atoms with Gasteiger partial charge in [0.15, 0.2) is 5.82 Å². The molecule has 0 amide bonds. The van der Waals surface area contributed by atoms with Crippen LogP contribution >= 0.6 is 11.6 Å². The first-order valence-corrected chi connectivity index (χ1v) is 7.88. The van der Waals surface area contributed by atoms with E-state index in [0.717, 1.165) is 11.3 Å². The lowest BCUT2D eigenvalue weighted by Crippen LogP contribution is -2.33. The molecule has 0 aliphatic carbocycles. The molecule has 1 N–H and O–H groups in total. The molecule has 0 aliphatic rings. The summed E-state index contributed by atoms with van der Waals surface area (Å²) in [7, 11) is 0. The third-order valence-corrected chi connectivity index (χ3v) is 3.72. The Morgan fingerprint density at radius 2 is 2.04 bits per heavy atom. The number of halogens is 4. The van der Waals surface area contributed by atoms with Gasteiger partial charge in [0.25, 0.3) is 6.43 Å². The third kappa shape index (κ3) is 4.39. The SMILES string of the molecule is C=C(Cl)/C=c1/c(NCc2cccc(C(F)F)c2F)nnc(C)/c1=C/C. The van der Waals surface area contributed by atoms with Crippen LogP contribution in [0.4, 0.5) is 19.0 Å². The number of allylic oxidation sites excluding steroid dienone is 1. The van der Waals surface area contributed by atoms with Crippen molar-refractivity contribution >= 4 is 29.6 Å². The largest absolute Gasteiger partial charge is 0.364 e. The zero-order chi connectivity index (χ0) is 18.6. The lowest BCUT2D eigenvalue weighted by atomic mass is 10.1. The predicted molar refractivity (Wildman–Crippen MR) is 94.3 cm³/mol. The number of hydrogen-bond acceptors (Lipinski definition) is 3. The number of anilines is 1. The Morgan fingerprint density at radius 3 is 2.64 bits per heavy atom. The van der Waals surface area contributed by atoms with E-state index < -0.39 is 17.8 Å². The predicted octanol–water partition coefficient (Wildman–Crippen LogP) is 3.81. The second-order valence-corrected chi connectivity index (χ2v) is 5.80. The van der Waals surface area contributed by atoms with Crippen molar-refractivity contribution in [3.05, 3.63) is 62.9 Å². The molecule has 0 aliphatic heterocycles. The normalized spacial score (nSPS) is 12.8. The molecule has 25 heavy (non-hydrogen) atoms. The molecule has 0 spiro atoms. The van der Waals surface area contributed by atoms with Crippen LogP contribution in [0.25, 0.3) is 12.2 Å². The number of nitrogens with zero attached hydrogens (tertiary/aromatic N) is 2. The van der Waals surface area contributed by atoms with Gasteiger partial charge in [-0.2, -0.15) is 5.10 Å². The maximum Gasteiger partial charge on any atom is 0.266 e. The van der Waals surface area contributed by atoms with Crippen molar-refractivity contribution in [3.63, 3.8) is 0 Å². The lowest BCUT2D eigenvalue weighted by Gasteiger charge is -2.10. The third-order valence-electron chi connectivity index (χ3n) is 3.61. The Labute approximate surface area is 148 Å². The molecule has 0 saturated carbocycles. The highest BCUT2D eigenvalue weighted by Crippen LogP contribution is 2.24. The van der Waals surface area contributed by atoms with Gasteiger partial charge in [0, 0.05) is 27.6 Å². The molecule has 0 unspecified atom stereocenters. The van der Waals surface area contributed by atoms with Crippen molar-refractivity contribution < 1.29 is 13.2 Å². The number of nitrogens with one attached hydrogen (secondary N) is 1. The molecule has 0 radical (unpaired) electrons. The molecular formula is C18H17ClF3N3. The monoisotopic (exact) mass is 367 g/mol. The Morgan fingerprint density at radius 1 is 1.32 bits per heavy atom. The van der Waals surface area contributed by atoms with Gasteiger partial charge in [-0.3, -0.25) is 0 Å². The molecule has 0 bridgehead atoms. The smallest absolute Gasteiger partial charge is 0.266 e. The minimum atomic E-state index is -2.87. The fourth-order valence-corrected chi connectivity index (χ4v) is 2.55. The summed E-state index contributed by atoms with van der Waals surface area (Å²) in [5, 5.41) is 12.8. The van der Waals surface area contributed by atoms with E-state index in [1.165, 1.54) is 12.1 Å². The van der Waals surface area contributed by atoms with Crippen LogP contribution < -0.4 is 15.8 Å².